The largest absolute Gasteiger partial charge is 0.454 e. The van der Waals surface area contributed by atoms with Crippen molar-refractivity contribution in [2.24, 2.45) is 4.99 Å². The molecule has 0 spiro atoms. The van der Waals surface area contributed by atoms with Gasteiger partial charge in [0.15, 0.2) is 5.75 Å². The quantitative estimate of drug-likeness (QED) is 0.747. The average Bonchev–Trinajstić information content (AvgIpc) is 2.72. The van der Waals surface area contributed by atoms with Gasteiger partial charge in [-0.25, -0.2) is 9.38 Å². The molecule has 4 rings (SSSR count). The zero-order valence-corrected chi connectivity index (χ0v) is 13.0. The van der Waals surface area contributed by atoms with E-state index in [-0.39, 0.29) is 5.82 Å². The zero-order chi connectivity index (χ0) is 15.8. The Morgan fingerprint density at radius 1 is 1.00 bits per heavy atom. The summed E-state index contributed by atoms with van der Waals surface area (Å²) < 4.78 is 19.8. The lowest BCUT2D eigenvalue weighted by atomic mass is 10.1. The summed E-state index contributed by atoms with van der Waals surface area (Å²) in [4.78, 5) is 9.30. The summed E-state index contributed by atoms with van der Waals surface area (Å²) in [7, 11) is 2.11. The number of fused-ring (bicyclic) bond motifs is 2. The molecule has 118 valence electrons. The van der Waals surface area contributed by atoms with Gasteiger partial charge in [0.2, 0.25) is 0 Å². The van der Waals surface area contributed by atoms with Crippen molar-refractivity contribution in [1.29, 1.82) is 0 Å². The van der Waals surface area contributed by atoms with E-state index in [4.69, 9.17) is 9.73 Å². The predicted octanol–water partition coefficient (Wildman–Crippen LogP) is 3.26. The number of piperazine rings is 1. The highest BCUT2D eigenvalue weighted by atomic mass is 19.1. The average molecular weight is 311 g/mol. The van der Waals surface area contributed by atoms with Gasteiger partial charge in [-0.15, -0.1) is 0 Å². The number of aliphatic imine (C=N–C) groups is 1. The van der Waals surface area contributed by atoms with Crippen LogP contribution in [0.2, 0.25) is 0 Å². The summed E-state index contributed by atoms with van der Waals surface area (Å²) in [5.41, 5.74) is 1.49. The molecule has 0 amide bonds. The van der Waals surface area contributed by atoms with Crippen molar-refractivity contribution in [3.05, 3.63) is 53.8 Å². The second kappa shape index (κ2) is 5.66. The molecule has 0 aliphatic carbocycles. The van der Waals surface area contributed by atoms with E-state index in [9.17, 15) is 4.39 Å². The summed E-state index contributed by atoms with van der Waals surface area (Å²) in [6.45, 7) is 3.67. The Labute approximate surface area is 134 Å². The highest BCUT2D eigenvalue weighted by Gasteiger charge is 2.25. The molecule has 0 bridgehead atoms. The van der Waals surface area contributed by atoms with E-state index in [0.29, 0.717) is 17.1 Å². The van der Waals surface area contributed by atoms with Crippen LogP contribution in [-0.2, 0) is 0 Å². The molecule has 23 heavy (non-hydrogen) atoms. The first kappa shape index (κ1) is 14.2. The SMILES string of the molecule is CN1CCN(C2=Nc3ccccc3Oc3ccc(F)cc32)CC1. The van der Waals surface area contributed by atoms with Gasteiger partial charge in [0.1, 0.15) is 23.1 Å². The Hall–Kier alpha value is -2.40. The van der Waals surface area contributed by atoms with Crippen LogP contribution in [-0.4, -0.2) is 48.9 Å². The fraction of sp³-hybridized carbons (Fsp3) is 0.278. The number of rotatable bonds is 0. The predicted molar refractivity (Wildman–Crippen MR) is 88.2 cm³/mol. The van der Waals surface area contributed by atoms with E-state index in [1.165, 1.54) is 12.1 Å². The molecule has 2 aliphatic rings. The van der Waals surface area contributed by atoms with Gasteiger partial charge in [-0.2, -0.15) is 0 Å². The van der Waals surface area contributed by atoms with Crippen molar-refractivity contribution in [2.45, 2.75) is 0 Å². The second-order valence-electron chi connectivity index (χ2n) is 5.94. The zero-order valence-electron chi connectivity index (χ0n) is 13.0. The van der Waals surface area contributed by atoms with Gasteiger partial charge in [0, 0.05) is 26.2 Å². The van der Waals surface area contributed by atoms with Crippen LogP contribution >= 0.6 is 0 Å². The van der Waals surface area contributed by atoms with Crippen molar-refractivity contribution in [2.75, 3.05) is 33.2 Å². The molecular formula is C18H18FN3O. The Morgan fingerprint density at radius 3 is 2.61 bits per heavy atom. The van der Waals surface area contributed by atoms with Gasteiger partial charge in [-0.05, 0) is 37.4 Å². The number of nitrogens with zero attached hydrogens (tertiary/aromatic N) is 3. The minimum atomic E-state index is -0.278. The van der Waals surface area contributed by atoms with E-state index < -0.39 is 0 Å². The van der Waals surface area contributed by atoms with Gasteiger partial charge in [-0.1, -0.05) is 12.1 Å². The molecule has 5 heteroatoms. The number of amidine groups is 1. The standard InChI is InChI=1S/C18H18FN3O/c1-21-8-10-22(11-9-21)18-14-12-13(19)6-7-16(14)23-17-5-3-2-4-15(17)20-18/h2-7,12H,8-11H2,1H3. The molecule has 2 aliphatic heterocycles. The van der Waals surface area contributed by atoms with Gasteiger partial charge < -0.3 is 14.5 Å². The fourth-order valence-electron chi connectivity index (χ4n) is 2.95. The van der Waals surface area contributed by atoms with Crippen molar-refractivity contribution in [3.63, 3.8) is 0 Å². The van der Waals surface area contributed by atoms with Gasteiger partial charge in [0.25, 0.3) is 0 Å². The maximum atomic E-state index is 13.8. The molecule has 1 saturated heterocycles. The lowest BCUT2D eigenvalue weighted by Gasteiger charge is -2.34. The first-order valence-electron chi connectivity index (χ1n) is 7.80. The van der Waals surface area contributed by atoms with E-state index in [1.54, 1.807) is 6.07 Å². The summed E-state index contributed by atoms with van der Waals surface area (Å²) in [6, 6.07) is 12.3. The van der Waals surface area contributed by atoms with Crippen LogP contribution in [0, 0.1) is 5.82 Å². The Kier molecular flexibility index (Phi) is 3.50. The van der Waals surface area contributed by atoms with Crippen LogP contribution in [0.25, 0.3) is 0 Å². The smallest absolute Gasteiger partial charge is 0.153 e. The highest BCUT2D eigenvalue weighted by Crippen LogP contribution is 2.38. The summed E-state index contributed by atoms with van der Waals surface area (Å²) in [5.74, 6) is 1.86. The molecule has 0 radical (unpaired) electrons. The van der Waals surface area contributed by atoms with Crippen LogP contribution in [0.1, 0.15) is 5.56 Å². The van der Waals surface area contributed by atoms with Crippen LogP contribution in [0.3, 0.4) is 0 Å². The molecule has 2 aromatic rings. The molecule has 1 fully saturated rings. The molecule has 4 nitrogen and oxygen atoms in total. The van der Waals surface area contributed by atoms with Crippen LogP contribution in [0.4, 0.5) is 10.1 Å². The van der Waals surface area contributed by atoms with Gasteiger partial charge >= 0.3 is 0 Å². The molecular weight excluding hydrogens is 293 g/mol. The topological polar surface area (TPSA) is 28.1 Å². The summed E-state index contributed by atoms with van der Waals surface area (Å²) in [6.07, 6.45) is 0. The molecule has 2 heterocycles. The number of hydrogen-bond donors (Lipinski definition) is 0. The Morgan fingerprint density at radius 2 is 1.78 bits per heavy atom. The van der Waals surface area contributed by atoms with E-state index in [1.807, 2.05) is 24.3 Å². The minimum absolute atomic E-state index is 0.278. The van der Waals surface area contributed by atoms with Crippen molar-refractivity contribution < 1.29 is 9.13 Å². The second-order valence-corrected chi connectivity index (χ2v) is 5.94. The van der Waals surface area contributed by atoms with Crippen LogP contribution in [0.15, 0.2) is 47.5 Å². The van der Waals surface area contributed by atoms with Gasteiger partial charge in [-0.3, -0.25) is 0 Å². The third-order valence-electron chi connectivity index (χ3n) is 4.30. The van der Waals surface area contributed by atoms with Crippen molar-refractivity contribution >= 4 is 11.5 Å². The monoisotopic (exact) mass is 311 g/mol. The molecule has 2 aromatic carbocycles. The third-order valence-corrected chi connectivity index (χ3v) is 4.30. The first-order chi connectivity index (χ1) is 11.2. The normalized spacial score (nSPS) is 17.7. The molecule has 0 unspecified atom stereocenters. The number of ether oxygens (including phenoxy) is 1. The highest BCUT2D eigenvalue weighted by molar-refractivity contribution is 6.03. The summed E-state index contributed by atoms with van der Waals surface area (Å²) >= 11 is 0. The Balaban J connectivity index is 1.84. The van der Waals surface area contributed by atoms with Crippen molar-refractivity contribution in [3.8, 4) is 11.5 Å². The number of halogens is 1. The molecule has 0 aromatic heterocycles. The number of likely N-dealkylation sites (N-methyl/N-ethyl adjacent to an activating group) is 1. The van der Waals surface area contributed by atoms with Crippen molar-refractivity contribution in [1.82, 2.24) is 9.80 Å². The minimum Gasteiger partial charge on any atom is -0.454 e. The molecule has 0 atom stereocenters. The number of hydrogen-bond acceptors (Lipinski definition) is 4. The molecule has 0 N–H and O–H groups in total. The first-order valence-corrected chi connectivity index (χ1v) is 7.80. The van der Waals surface area contributed by atoms with Gasteiger partial charge in [0.05, 0.1) is 5.56 Å². The number of para-hydroxylation sites is 2. The lowest BCUT2D eigenvalue weighted by Crippen LogP contribution is -2.47. The fourth-order valence-corrected chi connectivity index (χ4v) is 2.95. The molecule has 0 saturated carbocycles. The number of benzene rings is 2. The maximum absolute atomic E-state index is 13.8. The summed E-state index contributed by atoms with van der Waals surface area (Å²) in [5, 5.41) is 0. The third kappa shape index (κ3) is 2.68. The van der Waals surface area contributed by atoms with Crippen LogP contribution in [0.5, 0.6) is 11.5 Å². The lowest BCUT2D eigenvalue weighted by molar-refractivity contribution is 0.215. The van der Waals surface area contributed by atoms with E-state index in [2.05, 4.69) is 16.8 Å². The Bertz CT molecular complexity index is 767. The maximum Gasteiger partial charge on any atom is 0.153 e. The van der Waals surface area contributed by atoms with E-state index in [0.717, 1.165) is 37.7 Å². The van der Waals surface area contributed by atoms with Crippen LogP contribution < -0.4 is 4.74 Å². The van der Waals surface area contributed by atoms with E-state index >= 15 is 0 Å².